The first-order valence-electron chi connectivity index (χ1n) is 7.94. The van der Waals surface area contributed by atoms with E-state index in [2.05, 4.69) is 27.0 Å². The minimum Gasteiger partial charge on any atom is -0.488 e. The molecule has 3 amide bonds. The summed E-state index contributed by atoms with van der Waals surface area (Å²) in [6, 6.07) is 7.67. The molecule has 8 nitrogen and oxygen atoms in total. The molecule has 2 aliphatic heterocycles. The normalized spacial score (nSPS) is 19.8. The van der Waals surface area contributed by atoms with Gasteiger partial charge in [-0.05, 0) is 11.6 Å². The number of carbonyl (C=O) groups is 2. The Kier molecular flexibility index (Phi) is 4.83. The Morgan fingerprint density at radius 2 is 2.21 bits per heavy atom. The van der Waals surface area contributed by atoms with Crippen molar-refractivity contribution in [2.24, 2.45) is 4.99 Å². The average molecular weight is 331 g/mol. The molecule has 0 aromatic heterocycles. The third-order valence-corrected chi connectivity index (χ3v) is 4.00. The van der Waals surface area contributed by atoms with Gasteiger partial charge in [-0.15, -0.1) is 0 Å². The Bertz CT molecular complexity index is 620. The summed E-state index contributed by atoms with van der Waals surface area (Å²) < 4.78 is 5.86. The highest BCUT2D eigenvalue weighted by Gasteiger charge is 2.27. The van der Waals surface area contributed by atoms with Crippen LogP contribution in [0.25, 0.3) is 0 Å². The van der Waals surface area contributed by atoms with Gasteiger partial charge in [0.2, 0.25) is 5.91 Å². The van der Waals surface area contributed by atoms with Gasteiger partial charge in [0.25, 0.3) is 0 Å². The second-order valence-corrected chi connectivity index (χ2v) is 5.64. The van der Waals surface area contributed by atoms with E-state index in [0.717, 1.165) is 12.2 Å². The number of fused-ring (bicyclic) bond motifs is 1. The molecule has 1 atom stereocenters. The van der Waals surface area contributed by atoms with Gasteiger partial charge in [-0.2, -0.15) is 0 Å². The number of aliphatic imine (C=N–C) groups is 1. The second kappa shape index (κ2) is 7.20. The van der Waals surface area contributed by atoms with Crippen molar-refractivity contribution in [3.8, 4) is 5.75 Å². The van der Waals surface area contributed by atoms with Crippen LogP contribution in [-0.4, -0.2) is 62.1 Å². The van der Waals surface area contributed by atoms with Crippen LogP contribution < -0.4 is 20.7 Å². The summed E-state index contributed by atoms with van der Waals surface area (Å²) in [5.41, 5.74) is 1.21. The van der Waals surface area contributed by atoms with Crippen molar-refractivity contribution in [3.05, 3.63) is 29.8 Å². The van der Waals surface area contributed by atoms with E-state index in [1.165, 1.54) is 10.5 Å². The molecule has 1 aromatic rings. The number of amides is 3. The zero-order valence-electron chi connectivity index (χ0n) is 13.5. The number of imide groups is 1. The maximum absolute atomic E-state index is 11.5. The molecule has 2 heterocycles. The minimum atomic E-state index is -0.345. The lowest BCUT2D eigenvalue weighted by atomic mass is 10.1. The lowest BCUT2D eigenvalue weighted by Gasteiger charge is -2.17. The summed E-state index contributed by atoms with van der Waals surface area (Å²) in [4.78, 5) is 28.3. The molecular weight excluding hydrogens is 310 g/mol. The summed E-state index contributed by atoms with van der Waals surface area (Å²) in [5, 5.41) is 8.79. The van der Waals surface area contributed by atoms with E-state index in [-0.39, 0.29) is 24.6 Å². The number of nitrogens with one attached hydrogen (secondary N) is 3. The zero-order chi connectivity index (χ0) is 16.9. The number of carbonyl (C=O) groups excluding carboxylic acids is 2. The van der Waals surface area contributed by atoms with Crippen LogP contribution in [0.2, 0.25) is 0 Å². The number of rotatable bonds is 5. The highest BCUT2D eigenvalue weighted by atomic mass is 16.5. The number of guanidine groups is 1. The Morgan fingerprint density at radius 1 is 1.38 bits per heavy atom. The van der Waals surface area contributed by atoms with E-state index >= 15 is 0 Å². The Hall–Kier alpha value is -2.77. The Labute approximate surface area is 140 Å². The van der Waals surface area contributed by atoms with Crippen molar-refractivity contribution in [1.82, 2.24) is 20.9 Å². The Morgan fingerprint density at radius 3 is 2.92 bits per heavy atom. The van der Waals surface area contributed by atoms with Gasteiger partial charge in [0.1, 0.15) is 11.9 Å². The fraction of sp³-hybridized carbons (Fsp3) is 0.438. The number of hydrogen-bond acceptors (Lipinski definition) is 4. The molecule has 0 bridgehead atoms. The number of ether oxygens (including phenoxy) is 1. The number of para-hydroxylation sites is 1. The van der Waals surface area contributed by atoms with Gasteiger partial charge in [0, 0.05) is 26.6 Å². The summed E-state index contributed by atoms with van der Waals surface area (Å²) >= 11 is 0. The average Bonchev–Trinajstić information content (AvgIpc) is 3.14. The SMILES string of the molecule is CN=C(NCCN1C(=O)CNC1=O)NCC1Cc2ccccc2O1. The van der Waals surface area contributed by atoms with Gasteiger partial charge >= 0.3 is 6.03 Å². The van der Waals surface area contributed by atoms with Crippen LogP contribution in [0.1, 0.15) is 5.56 Å². The van der Waals surface area contributed by atoms with Gasteiger partial charge in [0.05, 0.1) is 13.1 Å². The number of urea groups is 1. The fourth-order valence-corrected chi connectivity index (χ4v) is 2.77. The van der Waals surface area contributed by atoms with Crippen LogP contribution in [0, 0.1) is 0 Å². The van der Waals surface area contributed by atoms with Crippen LogP contribution in [0.15, 0.2) is 29.3 Å². The maximum Gasteiger partial charge on any atom is 0.324 e. The van der Waals surface area contributed by atoms with Gasteiger partial charge in [-0.3, -0.25) is 14.7 Å². The smallest absolute Gasteiger partial charge is 0.324 e. The first-order valence-corrected chi connectivity index (χ1v) is 7.94. The van der Waals surface area contributed by atoms with Crippen LogP contribution in [0.4, 0.5) is 4.79 Å². The highest BCUT2D eigenvalue weighted by molar-refractivity contribution is 6.01. The van der Waals surface area contributed by atoms with Gasteiger partial charge < -0.3 is 20.7 Å². The standard InChI is InChI=1S/C16H21N5O3/c1-17-15(18-6-7-21-14(22)10-20-16(21)23)19-9-12-8-11-4-2-3-5-13(11)24-12/h2-5,12H,6-10H2,1H3,(H,20,23)(H2,17,18,19). The van der Waals surface area contributed by atoms with E-state index < -0.39 is 0 Å². The minimum absolute atomic E-state index is 0.0619. The molecule has 3 rings (SSSR count). The van der Waals surface area contributed by atoms with Crippen LogP contribution in [-0.2, 0) is 11.2 Å². The maximum atomic E-state index is 11.5. The first-order chi connectivity index (χ1) is 11.7. The van der Waals surface area contributed by atoms with Crippen molar-refractivity contribution in [2.45, 2.75) is 12.5 Å². The van der Waals surface area contributed by atoms with E-state index in [4.69, 9.17) is 4.74 Å². The number of hydrogen-bond donors (Lipinski definition) is 3. The fourth-order valence-electron chi connectivity index (χ4n) is 2.77. The molecule has 1 aromatic carbocycles. The van der Waals surface area contributed by atoms with E-state index in [9.17, 15) is 9.59 Å². The van der Waals surface area contributed by atoms with Gasteiger partial charge in [-0.25, -0.2) is 4.79 Å². The lowest BCUT2D eigenvalue weighted by molar-refractivity contribution is -0.124. The molecule has 1 saturated heterocycles. The molecule has 2 aliphatic rings. The van der Waals surface area contributed by atoms with E-state index in [1.54, 1.807) is 7.05 Å². The van der Waals surface area contributed by atoms with Crippen LogP contribution in [0.3, 0.4) is 0 Å². The lowest BCUT2D eigenvalue weighted by Crippen LogP contribution is -2.45. The molecular formula is C16H21N5O3. The van der Waals surface area contributed by atoms with Crippen molar-refractivity contribution in [1.29, 1.82) is 0 Å². The quantitative estimate of drug-likeness (QED) is 0.391. The molecule has 8 heteroatoms. The number of benzene rings is 1. The van der Waals surface area contributed by atoms with Crippen LogP contribution in [0.5, 0.6) is 5.75 Å². The van der Waals surface area contributed by atoms with Crippen molar-refractivity contribution >= 4 is 17.9 Å². The molecule has 24 heavy (non-hydrogen) atoms. The van der Waals surface area contributed by atoms with Gasteiger partial charge in [-0.1, -0.05) is 18.2 Å². The summed E-state index contributed by atoms with van der Waals surface area (Å²) in [5.74, 6) is 1.34. The molecule has 0 spiro atoms. The number of nitrogens with zero attached hydrogens (tertiary/aromatic N) is 2. The molecule has 0 radical (unpaired) electrons. The van der Waals surface area contributed by atoms with E-state index in [0.29, 0.717) is 25.6 Å². The molecule has 1 fully saturated rings. The van der Waals surface area contributed by atoms with Crippen molar-refractivity contribution in [2.75, 3.05) is 33.2 Å². The summed E-state index contributed by atoms with van der Waals surface area (Å²) in [6.45, 7) is 1.43. The molecule has 0 aliphatic carbocycles. The third kappa shape index (κ3) is 3.58. The van der Waals surface area contributed by atoms with E-state index in [1.807, 2.05) is 18.2 Å². The van der Waals surface area contributed by atoms with Crippen molar-refractivity contribution in [3.63, 3.8) is 0 Å². The molecule has 128 valence electrons. The summed E-state index contributed by atoms with van der Waals surface area (Å²) in [6.07, 6.45) is 0.926. The van der Waals surface area contributed by atoms with Crippen molar-refractivity contribution < 1.29 is 14.3 Å². The van der Waals surface area contributed by atoms with Crippen LogP contribution >= 0.6 is 0 Å². The summed E-state index contributed by atoms with van der Waals surface area (Å²) in [7, 11) is 1.67. The monoisotopic (exact) mass is 331 g/mol. The largest absolute Gasteiger partial charge is 0.488 e. The Balaban J connectivity index is 1.40. The molecule has 1 unspecified atom stereocenters. The second-order valence-electron chi connectivity index (χ2n) is 5.64. The zero-order valence-corrected chi connectivity index (χ0v) is 13.5. The molecule has 0 saturated carbocycles. The topological polar surface area (TPSA) is 95.1 Å². The van der Waals surface area contributed by atoms with Gasteiger partial charge in [0.15, 0.2) is 5.96 Å². The predicted molar refractivity (Wildman–Crippen MR) is 89.0 cm³/mol. The highest BCUT2D eigenvalue weighted by Crippen LogP contribution is 2.27. The third-order valence-electron chi connectivity index (χ3n) is 4.00. The molecule has 3 N–H and O–H groups in total. The predicted octanol–water partition coefficient (Wildman–Crippen LogP) is -0.293. The first kappa shape index (κ1) is 16.1.